The minimum Gasteiger partial charge on any atom is -0.487 e. The molecule has 0 saturated heterocycles. The average Bonchev–Trinajstić information content (AvgIpc) is 2.52. The lowest BCUT2D eigenvalue weighted by Gasteiger charge is -2.38. The molecular formula is C18H28IN3OS. The molecule has 0 aliphatic carbocycles. The molecule has 0 saturated carbocycles. The van der Waals surface area contributed by atoms with Crippen LogP contribution >= 0.6 is 35.7 Å². The summed E-state index contributed by atoms with van der Waals surface area (Å²) in [6, 6.07) is 8.42. The lowest BCUT2D eigenvalue weighted by atomic mass is 9.90. The predicted octanol–water partition coefficient (Wildman–Crippen LogP) is 3.99. The summed E-state index contributed by atoms with van der Waals surface area (Å²) in [4.78, 5) is 4.34. The van der Waals surface area contributed by atoms with Gasteiger partial charge in [0, 0.05) is 37.1 Å². The number of nitrogens with zero attached hydrogens (tertiary/aromatic N) is 1. The van der Waals surface area contributed by atoms with E-state index in [-0.39, 0.29) is 35.6 Å². The number of guanidine groups is 1. The molecule has 2 rings (SSSR count). The van der Waals surface area contributed by atoms with Crippen LogP contribution in [-0.4, -0.2) is 36.7 Å². The summed E-state index contributed by atoms with van der Waals surface area (Å²) < 4.78 is 6.08. The number of aliphatic imine (C=N–C) groups is 1. The van der Waals surface area contributed by atoms with E-state index in [1.54, 1.807) is 0 Å². The van der Waals surface area contributed by atoms with Gasteiger partial charge in [-0.05, 0) is 19.9 Å². The van der Waals surface area contributed by atoms with Crippen LogP contribution in [0.2, 0.25) is 0 Å². The Bertz CT molecular complexity index is 563. The lowest BCUT2D eigenvalue weighted by Crippen LogP contribution is -2.45. The van der Waals surface area contributed by atoms with Crippen molar-refractivity contribution in [2.75, 3.05) is 25.1 Å². The van der Waals surface area contributed by atoms with Crippen LogP contribution in [0.15, 0.2) is 41.9 Å². The number of halogens is 1. The molecule has 0 spiro atoms. The van der Waals surface area contributed by atoms with E-state index in [4.69, 9.17) is 4.74 Å². The second-order valence-electron chi connectivity index (χ2n) is 6.16. The van der Waals surface area contributed by atoms with Crippen molar-refractivity contribution in [3.63, 3.8) is 0 Å². The maximum absolute atomic E-state index is 6.08. The van der Waals surface area contributed by atoms with E-state index in [2.05, 4.69) is 48.2 Å². The fraction of sp³-hybridized carbons (Fsp3) is 0.500. The highest BCUT2D eigenvalue weighted by Gasteiger charge is 2.33. The zero-order valence-electron chi connectivity index (χ0n) is 14.7. The Morgan fingerprint density at radius 1 is 1.46 bits per heavy atom. The van der Waals surface area contributed by atoms with Gasteiger partial charge in [-0.15, -0.1) is 30.6 Å². The van der Waals surface area contributed by atoms with Crippen molar-refractivity contribution < 1.29 is 4.74 Å². The molecule has 0 aromatic heterocycles. The Morgan fingerprint density at radius 3 is 2.92 bits per heavy atom. The van der Waals surface area contributed by atoms with E-state index in [9.17, 15) is 0 Å². The van der Waals surface area contributed by atoms with E-state index in [0.29, 0.717) is 0 Å². The smallest absolute Gasteiger partial charge is 0.191 e. The third-order valence-corrected chi connectivity index (χ3v) is 4.65. The third kappa shape index (κ3) is 6.20. The highest BCUT2D eigenvalue weighted by atomic mass is 127. The van der Waals surface area contributed by atoms with Crippen LogP contribution in [0.3, 0.4) is 0 Å². The van der Waals surface area contributed by atoms with E-state index in [1.165, 1.54) is 5.56 Å². The number of hydrogen-bond donors (Lipinski definition) is 2. The summed E-state index contributed by atoms with van der Waals surface area (Å²) in [5.74, 6) is 3.80. The molecule has 0 bridgehead atoms. The van der Waals surface area contributed by atoms with Crippen LogP contribution in [-0.2, 0) is 0 Å². The number of fused-ring (bicyclic) bond motifs is 1. The van der Waals surface area contributed by atoms with Crippen molar-refractivity contribution in [2.45, 2.75) is 31.9 Å². The van der Waals surface area contributed by atoms with E-state index >= 15 is 0 Å². The lowest BCUT2D eigenvalue weighted by molar-refractivity contribution is 0.0694. The van der Waals surface area contributed by atoms with Crippen LogP contribution in [0.4, 0.5) is 0 Å². The molecule has 1 heterocycles. The minimum atomic E-state index is -0.190. The van der Waals surface area contributed by atoms with Gasteiger partial charge in [-0.1, -0.05) is 24.3 Å². The van der Waals surface area contributed by atoms with Crippen molar-refractivity contribution in [3.8, 4) is 5.75 Å². The molecule has 0 fully saturated rings. The molecule has 1 aromatic carbocycles. The van der Waals surface area contributed by atoms with Crippen molar-refractivity contribution in [1.82, 2.24) is 10.6 Å². The topological polar surface area (TPSA) is 45.7 Å². The van der Waals surface area contributed by atoms with Gasteiger partial charge in [0.1, 0.15) is 11.4 Å². The number of hydrogen-bond acceptors (Lipinski definition) is 3. The second kappa shape index (κ2) is 10.2. The number of ether oxygens (including phenoxy) is 1. The summed E-state index contributed by atoms with van der Waals surface area (Å²) in [6.07, 6.45) is 2.83. The molecule has 1 aliphatic rings. The van der Waals surface area contributed by atoms with Gasteiger partial charge in [0.25, 0.3) is 0 Å². The van der Waals surface area contributed by atoms with Crippen molar-refractivity contribution >= 4 is 41.7 Å². The van der Waals surface area contributed by atoms with Gasteiger partial charge in [-0.2, -0.15) is 11.8 Å². The highest BCUT2D eigenvalue weighted by molar-refractivity contribution is 14.0. The van der Waals surface area contributed by atoms with Crippen LogP contribution in [0.5, 0.6) is 5.75 Å². The maximum Gasteiger partial charge on any atom is 0.191 e. The van der Waals surface area contributed by atoms with E-state index < -0.39 is 0 Å². The summed E-state index contributed by atoms with van der Waals surface area (Å²) in [6.45, 7) is 8.86. The average molecular weight is 461 g/mol. The molecule has 6 heteroatoms. The SMILES string of the molecule is C=CCSCCNC(=NC)NC1CC(C)(C)Oc2ccccc21.I. The monoisotopic (exact) mass is 461 g/mol. The third-order valence-electron chi connectivity index (χ3n) is 3.69. The first-order valence-corrected chi connectivity index (χ1v) is 9.15. The summed E-state index contributed by atoms with van der Waals surface area (Å²) >= 11 is 1.86. The highest BCUT2D eigenvalue weighted by Crippen LogP contribution is 2.39. The van der Waals surface area contributed by atoms with Crippen molar-refractivity contribution in [3.05, 3.63) is 42.5 Å². The standard InChI is InChI=1S/C18H27N3OS.HI/c1-5-11-23-12-10-20-17(19-4)21-15-13-18(2,3)22-16-9-7-6-8-14(15)16;/h5-9,15H,1,10-13H2,2-4H3,(H2,19,20,21);1H. The summed E-state index contributed by atoms with van der Waals surface area (Å²) in [7, 11) is 1.81. The number of benzene rings is 1. The zero-order chi connectivity index (χ0) is 16.7. The minimum absolute atomic E-state index is 0. The molecule has 4 nitrogen and oxygen atoms in total. The number of para-hydroxylation sites is 1. The maximum atomic E-state index is 6.08. The first-order valence-electron chi connectivity index (χ1n) is 7.99. The molecule has 1 unspecified atom stereocenters. The van der Waals surface area contributed by atoms with Gasteiger partial charge in [0.05, 0.1) is 6.04 Å². The van der Waals surface area contributed by atoms with Crippen LogP contribution < -0.4 is 15.4 Å². The van der Waals surface area contributed by atoms with Crippen LogP contribution in [0.25, 0.3) is 0 Å². The largest absolute Gasteiger partial charge is 0.487 e. The second-order valence-corrected chi connectivity index (χ2v) is 7.31. The molecule has 134 valence electrons. The Morgan fingerprint density at radius 2 is 2.21 bits per heavy atom. The Kier molecular flexibility index (Phi) is 8.97. The Hall–Kier alpha value is -0.890. The summed E-state index contributed by atoms with van der Waals surface area (Å²) in [5.41, 5.74) is 1.00. The van der Waals surface area contributed by atoms with Gasteiger partial charge < -0.3 is 15.4 Å². The Balaban J connectivity index is 0.00000288. The zero-order valence-corrected chi connectivity index (χ0v) is 17.8. The molecule has 1 aliphatic heterocycles. The van der Waals surface area contributed by atoms with Gasteiger partial charge in [0.15, 0.2) is 5.96 Å². The molecule has 1 atom stereocenters. The molecule has 24 heavy (non-hydrogen) atoms. The van der Waals surface area contributed by atoms with Gasteiger partial charge in [0.2, 0.25) is 0 Å². The molecule has 1 aromatic rings. The molecular weight excluding hydrogens is 433 g/mol. The van der Waals surface area contributed by atoms with Gasteiger partial charge in [-0.25, -0.2) is 0 Å². The van der Waals surface area contributed by atoms with Crippen molar-refractivity contribution in [2.24, 2.45) is 4.99 Å². The van der Waals surface area contributed by atoms with Gasteiger partial charge in [-0.3, -0.25) is 4.99 Å². The normalized spacial score (nSPS) is 18.6. The van der Waals surface area contributed by atoms with Crippen LogP contribution in [0, 0.1) is 0 Å². The first kappa shape index (κ1) is 21.2. The predicted molar refractivity (Wildman–Crippen MR) is 116 cm³/mol. The van der Waals surface area contributed by atoms with E-state index in [0.717, 1.165) is 36.2 Å². The van der Waals surface area contributed by atoms with Gasteiger partial charge >= 0.3 is 0 Å². The quantitative estimate of drug-likeness (QED) is 0.221. The van der Waals surface area contributed by atoms with E-state index in [1.807, 2.05) is 37.0 Å². The Labute approximate surface area is 166 Å². The summed E-state index contributed by atoms with van der Waals surface area (Å²) in [5, 5.41) is 6.91. The first-order chi connectivity index (χ1) is 11.1. The molecule has 0 amide bonds. The van der Waals surface area contributed by atoms with Crippen molar-refractivity contribution in [1.29, 1.82) is 0 Å². The fourth-order valence-electron chi connectivity index (χ4n) is 2.70. The number of rotatable bonds is 6. The fourth-order valence-corrected chi connectivity index (χ4v) is 3.28. The van der Waals surface area contributed by atoms with Crippen LogP contribution in [0.1, 0.15) is 31.9 Å². The number of thioether (sulfide) groups is 1. The number of nitrogens with one attached hydrogen (secondary N) is 2. The molecule has 2 N–H and O–H groups in total. The molecule has 0 radical (unpaired) electrons.